The molecule has 5 heteroatoms. The van der Waals surface area contributed by atoms with Crippen LogP contribution in [-0.4, -0.2) is 27.9 Å². The molecule has 1 aliphatic carbocycles. The maximum absolute atomic E-state index is 11.1. The Morgan fingerprint density at radius 1 is 1.29 bits per heavy atom. The van der Waals surface area contributed by atoms with Gasteiger partial charge in [0.05, 0.1) is 12.1 Å². The molecule has 122 valence electrons. The number of aryl methyl sites for hydroxylation is 1. The molecule has 3 aromatic rings. The first-order valence-corrected chi connectivity index (χ1v) is 8.07. The molecular weight excluding hydrogens is 304 g/mol. The number of benzene rings is 2. The molecule has 2 N–H and O–H groups in total. The normalized spacial score (nSPS) is 14.0. The zero-order chi connectivity index (χ0) is 16.7. The minimum atomic E-state index is -1.03. The first kappa shape index (κ1) is 14.8. The molecule has 0 unspecified atom stereocenters. The Bertz CT molecular complexity index is 926. The van der Waals surface area contributed by atoms with Crippen molar-refractivity contribution in [1.82, 2.24) is 10.2 Å². The molecule has 4 rings (SSSR count). The standard InChI is InChI=1S/C19H18N2O3/c1-11-8-14(24-10-12-2-3-12)5-7-15(11)13-4-6-16-17(9-13)20-21-18(16)19(22)23/h4-9,12H,2-3,10H2,1H3,(H,20,21)(H,22,23). The number of hydrogen-bond acceptors (Lipinski definition) is 3. The minimum absolute atomic E-state index is 0.0529. The lowest BCUT2D eigenvalue weighted by Crippen LogP contribution is -1.99. The van der Waals surface area contributed by atoms with Crippen molar-refractivity contribution < 1.29 is 14.6 Å². The van der Waals surface area contributed by atoms with Gasteiger partial charge in [-0.1, -0.05) is 12.1 Å². The quantitative estimate of drug-likeness (QED) is 0.744. The molecule has 0 bridgehead atoms. The molecule has 1 fully saturated rings. The van der Waals surface area contributed by atoms with Crippen LogP contribution in [0.5, 0.6) is 5.75 Å². The Morgan fingerprint density at radius 2 is 2.12 bits per heavy atom. The number of carboxylic acids is 1. The number of carboxylic acid groups (broad SMARTS) is 1. The van der Waals surface area contributed by atoms with Crippen molar-refractivity contribution >= 4 is 16.9 Å². The smallest absolute Gasteiger partial charge is 0.357 e. The summed E-state index contributed by atoms with van der Waals surface area (Å²) in [4.78, 5) is 11.1. The van der Waals surface area contributed by atoms with E-state index >= 15 is 0 Å². The van der Waals surface area contributed by atoms with Crippen LogP contribution in [0.2, 0.25) is 0 Å². The molecule has 0 aliphatic heterocycles. The highest BCUT2D eigenvalue weighted by Gasteiger charge is 2.22. The van der Waals surface area contributed by atoms with Gasteiger partial charge < -0.3 is 9.84 Å². The van der Waals surface area contributed by atoms with Gasteiger partial charge in [-0.15, -0.1) is 0 Å². The monoisotopic (exact) mass is 322 g/mol. The van der Waals surface area contributed by atoms with Crippen molar-refractivity contribution in [2.24, 2.45) is 5.92 Å². The van der Waals surface area contributed by atoms with E-state index < -0.39 is 5.97 Å². The summed E-state index contributed by atoms with van der Waals surface area (Å²) in [6.45, 7) is 2.86. The van der Waals surface area contributed by atoms with Crippen LogP contribution in [0.1, 0.15) is 28.9 Å². The molecular formula is C19H18N2O3. The van der Waals surface area contributed by atoms with E-state index in [9.17, 15) is 4.79 Å². The molecule has 1 saturated carbocycles. The first-order chi connectivity index (χ1) is 11.6. The average molecular weight is 322 g/mol. The Hall–Kier alpha value is -2.82. The zero-order valence-corrected chi connectivity index (χ0v) is 13.4. The fourth-order valence-electron chi connectivity index (χ4n) is 2.90. The summed E-state index contributed by atoms with van der Waals surface area (Å²) in [5.74, 6) is 0.609. The van der Waals surface area contributed by atoms with E-state index in [1.54, 1.807) is 6.07 Å². The first-order valence-electron chi connectivity index (χ1n) is 8.07. The summed E-state index contributed by atoms with van der Waals surface area (Å²) in [5.41, 5.74) is 4.02. The predicted molar refractivity (Wildman–Crippen MR) is 91.4 cm³/mol. The second kappa shape index (κ2) is 5.67. The van der Waals surface area contributed by atoms with E-state index in [2.05, 4.69) is 23.2 Å². The number of H-pyrrole nitrogens is 1. The van der Waals surface area contributed by atoms with Crippen LogP contribution in [0, 0.1) is 12.8 Å². The highest BCUT2D eigenvalue weighted by Crippen LogP contribution is 2.32. The third-order valence-electron chi connectivity index (χ3n) is 4.46. The zero-order valence-electron chi connectivity index (χ0n) is 13.4. The molecule has 0 spiro atoms. The summed E-state index contributed by atoms with van der Waals surface area (Å²) in [6, 6.07) is 11.8. The van der Waals surface area contributed by atoms with Crippen LogP contribution in [0.3, 0.4) is 0 Å². The molecule has 1 aromatic heterocycles. The fraction of sp³-hybridized carbons (Fsp3) is 0.263. The lowest BCUT2D eigenvalue weighted by atomic mass is 9.99. The van der Waals surface area contributed by atoms with E-state index in [4.69, 9.17) is 9.84 Å². The number of nitrogens with one attached hydrogen (secondary N) is 1. The lowest BCUT2D eigenvalue weighted by molar-refractivity contribution is 0.0692. The van der Waals surface area contributed by atoms with Gasteiger partial charge in [-0.3, -0.25) is 5.10 Å². The number of hydrogen-bond donors (Lipinski definition) is 2. The Balaban J connectivity index is 1.64. The topological polar surface area (TPSA) is 75.2 Å². The van der Waals surface area contributed by atoms with Gasteiger partial charge in [0.25, 0.3) is 0 Å². The predicted octanol–water partition coefficient (Wildman–Crippen LogP) is 4.03. The van der Waals surface area contributed by atoms with Crippen molar-refractivity contribution in [2.75, 3.05) is 6.61 Å². The molecule has 2 aromatic carbocycles. The van der Waals surface area contributed by atoms with Crippen LogP contribution in [0.25, 0.3) is 22.0 Å². The maximum atomic E-state index is 11.1. The summed E-state index contributed by atoms with van der Waals surface area (Å²) < 4.78 is 5.82. The maximum Gasteiger partial charge on any atom is 0.357 e. The van der Waals surface area contributed by atoms with E-state index in [0.29, 0.717) is 5.39 Å². The van der Waals surface area contributed by atoms with Gasteiger partial charge in [-0.2, -0.15) is 5.10 Å². The largest absolute Gasteiger partial charge is 0.493 e. The van der Waals surface area contributed by atoms with Gasteiger partial charge in [0.2, 0.25) is 0 Å². The van der Waals surface area contributed by atoms with Gasteiger partial charge >= 0.3 is 5.97 Å². The van der Waals surface area contributed by atoms with Crippen LogP contribution >= 0.6 is 0 Å². The third-order valence-corrected chi connectivity index (χ3v) is 4.46. The number of nitrogens with zero attached hydrogens (tertiary/aromatic N) is 1. The van der Waals surface area contributed by atoms with Crippen LogP contribution < -0.4 is 4.74 Å². The molecule has 1 aliphatic rings. The van der Waals surface area contributed by atoms with Gasteiger partial charge in [0.15, 0.2) is 5.69 Å². The average Bonchev–Trinajstić information content (AvgIpc) is 3.29. The Kier molecular flexibility index (Phi) is 3.49. The number of aromatic carboxylic acids is 1. The Morgan fingerprint density at radius 3 is 2.83 bits per heavy atom. The van der Waals surface area contributed by atoms with Crippen LogP contribution in [-0.2, 0) is 0 Å². The molecule has 5 nitrogen and oxygen atoms in total. The van der Waals surface area contributed by atoms with Crippen molar-refractivity contribution in [3.05, 3.63) is 47.7 Å². The van der Waals surface area contributed by atoms with Crippen molar-refractivity contribution in [1.29, 1.82) is 0 Å². The van der Waals surface area contributed by atoms with Crippen molar-refractivity contribution in [3.8, 4) is 16.9 Å². The highest BCUT2D eigenvalue weighted by atomic mass is 16.5. The van der Waals surface area contributed by atoms with Gasteiger partial charge in [0, 0.05) is 5.39 Å². The number of fused-ring (bicyclic) bond motifs is 1. The second-order valence-corrected chi connectivity index (χ2v) is 6.37. The molecule has 24 heavy (non-hydrogen) atoms. The van der Waals surface area contributed by atoms with Crippen LogP contribution in [0.4, 0.5) is 0 Å². The number of aromatic nitrogens is 2. The van der Waals surface area contributed by atoms with Crippen LogP contribution in [0.15, 0.2) is 36.4 Å². The van der Waals surface area contributed by atoms with E-state index in [1.165, 1.54) is 12.8 Å². The van der Waals surface area contributed by atoms with E-state index in [1.807, 2.05) is 24.3 Å². The number of ether oxygens (including phenoxy) is 1. The van der Waals surface area contributed by atoms with Gasteiger partial charge in [-0.25, -0.2) is 4.79 Å². The summed E-state index contributed by atoms with van der Waals surface area (Å²) >= 11 is 0. The second-order valence-electron chi connectivity index (χ2n) is 6.37. The minimum Gasteiger partial charge on any atom is -0.493 e. The highest BCUT2D eigenvalue weighted by molar-refractivity contribution is 6.01. The molecule has 0 saturated heterocycles. The van der Waals surface area contributed by atoms with E-state index in [-0.39, 0.29) is 5.69 Å². The fourth-order valence-corrected chi connectivity index (χ4v) is 2.90. The summed E-state index contributed by atoms with van der Waals surface area (Å²) in [7, 11) is 0. The molecule has 0 amide bonds. The summed E-state index contributed by atoms with van der Waals surface area (Å²) in [6.07, 6.45) is 2.55. The molecule has 1 heterocycles. The summed E-state index contributed by atoms with van der Waals surface area (Å²) in [5, 5.41) is 16.4. The lowest BCUT2D eigenvalue weighted by Gasteiger charge is -2.10. The SMILES string of the molecule is Cc1cc(OCC2CC2)ccc1-c1ccc2c(C(=O)O)n[nH]c2c1. The molecule has 0 radical (unpaired) electrons. The molecule has 0 atom stereocenters. The van der Waals surface area contributed by atoms with Crippen molar-refractivity contribution in [3.63, 3.8) is 0 Å². The van der Waals surface area contributed by atoms with E-state index in [0.717, 1.165) is 40.5 Å². The Labute approximate surface area is 139 Å². The number of carbonyl (C=O) groups is 1. The third kappa shape index (κ3) is 2.73. The number of rotatable bonds is 5. The van der Waals surface area contributed by atoms with Crippen molar-refractivity contribution in [2.45, 2.75) is 19.8 Å². The van der Waals surface area contributed by atoms with Gasteiger partial charge in [-0.05, 0) is 66.6 Å². The van der Waals surface area contributed by atoms with Gasteiger partial charge in [0.1, 0.15) is 5.75 Å². The number of aromatic amines is 1.